The summed E-state index contributed by atoms with van der Waals surface area (Å²) < 4.78 is 0. The molecule has 0 saturated heterocycles. The topological polar surface area (TPSA) is 50.9 Å². The Morgan fingerprint density at radius 1 is 1.15 bits per heavy atom. The molecule has 2 aromatic carbocycles. The van der Waals surface area contributed by atoms with Crippen LogP contribution in [-0.2, 0) is 0 Å². The van der Waals surface area contributed by atoms with E-state index in [-0.39, 0.29) is 0 Å². The molecule has 0 radical (unpaired) electrons. The zero-order valence-corrected chi connectivity index (χ0v) is 11.8. The van der Waals surface area contributed by atoms with Gasteiger partial charge in [0.25, 0.3) is 0 Å². The third-order valence-electron chi connectivity index (χ3n) is 3.22. The van der Waals surface area contributed by atoms with Crippen LogP contribution in [-0.4, -0.2) is 4.98 Å². The van der Waals surface area contributed by atoms with Crippen molar-refractivity contribution in [3.63, 3.8) is 0 Å². The predicted octanol–water partition coefficient (Wildman–Crippen LogP) is 4.52. The lowest BCUT2D eigenvalue weighted by Gasteiger charge is -2.12. The minimum absolute atomic E-state index is 0.686. The monoisotopic (exact) mass is 283 g/mol. The standard InChI is InChI=1S/C16H14ClN3/c1-10-9-19-16(13-6-3-7-14(18)15(10)13)20-12-5-2-4-11(17)8-12/h2-9H,18H2,1H3,(H,19,20). The minimum atomic E-state index is 0.686. The molecule has 0 spiro atoms. The second-order valence-corrected chi connectivity index (χ2v) is 5.13. The van der Waals surface area contributed by atoms with Crippen LogP contribution in [0.2, 0.25) is 5.02 Å². The molecule has 3 N–H and O–H groups in total. The molecule has 0 atom stereocenters. The van der Waals surface area contributed by atoms with Crippen molar-refractivity contribution in [1.29, 1.82) is 0 Å². The highest BCUT2D eigenvalue weighted by atomic mass is 35.5. The van der Waals surface area contributed by atoms with Crippen molar-refractivity contribution in [1.82, 2.24) is 4.98 Å². The Balaban J connectivity index is 2.13. The second kappa shape index (κ2) is 5.02. The highest BCUT2D eigenvalue weighted by Gasteiger charge is 2.08. The van der Waals surface area contributed by atoms with E-state index in [2.05, 4.69) is 10.3 Å². The maximum absolute atomic E-state index is 6.07. The van der Waals surface area contributed by atoms with Crippen LogP contribution in [0.1, 0.15) is 5.56 Å². The Kier molecular flexibility index (Phi) is 3.20. The normalized spacial score (nSPS) is 10.7. The average Bonchev–Trinajstić information content (AvgIpc) is 2.42. The number of nitrogens with one attached hydrogen (secondary N) is 1. The van der Waals surface area contributed by atoms with Crippen molar-refractivity contribution in [3.8, 4) is 0 Å². The first kappa shape index (κ1) is 12.8. The van der Waals surface area contributed by atoms with Gasteiger partial charge in [-0.15, -0.1) is 0 Å². The van der Waals surface area contributed by atoms with Gasteiger partial charge in [-0.2, -0.15) is 0 Å². The summed E-state index contributed by atoms with van der Waals surface area (Å²) in [4.78, 5) is 4.46. The summed E-state index contributed by atoms with van der Waals surface area (Å²) in [6.45, 7) is 2.01. The number of benzene rings is 2. The Morgan fingerprint density at radius 2 is 1.95 bits per heavy atom. The molecular weight excluding hydrogens is 270 g/mol. The summed E-state index contributed by atoms with van der Waals surface area (Å²) in [5.74, 6) is 0.778. The fourth-order valence-electron chi connectivity index (χ4n) is 2.31. The minimum Gasteiger partial charge on any atom is -0.398 e. The van der Waals surface area contributed by atoms with E-state index in [0.717, 1.165) is 33.5 Å². The Bertz CT molecular complexity index is 776. The van der Waals surface area contributed by atoms with Gasteiger partial charge in [0, 0.05) is 33.4 Å². The number of nitrogens with two attached hydrogens (primary N) is 1. The van der Waals surface area contributed by atoms with Crippen molar-refractivity contribution >= 4 is 39.6 Å². The molecule has 0 unspecified atom stereocenters. The van der Waals surface area contributed by atoms with Crippen LogP contribution in [0.15, 0.2) is 48.7 Å². The zero-order valence-electron chi connectivity index (χ0n) is 11.0. The molecule has 0 saturated carbocycles. The highest BCUT2D eigenvalue weighted by Crippen LogP contribution is 2.30. The number of rotatable bonds is 2. The van der Waals surface area contributed by atoms with E-state index < -0.39 is 0 Å². The number of nitrogens with zero attached hydrogens (tertiary/aromatic N) is 1. The number of fused-ring (bicyclic) bond motifs is 1. The second-order valence-electron chi connectivity index (χ2n) is 4.69. The number of aromatic nitrogens is 1. The molecule has 0 aliphatic carbocycles. The summed E-state index contributed by atoms with van der Waals surface area (Å²) in [6.07, 6.45) is 1.82. The van der Waals surface area contributed by atoms with Gasteiger partial charge in [-0.25, -0.2) is 4.98 Å². The zero-order chi connectivity index (χ0) is 14.1. The van der Waals surface area contributed by atoms with Gasteiger partial charge in [-0.1, -0.05) is 29.8 Å². The predicted molar refractivity (Wildman–Crippen MR) is 85.6 cm³/mol. The fraction of sp³-hybridized carbons (Fsp3) is 0.0625. The summed E-state index contributed by atoms with van der Waals surface area (Å²) in [5, 5.41) is 6.02. The third-order valence-corrected chi connectivity index (χ3v) is 3.46. The number of halogens is 1. The lowest BCUT2D eigenvalue weighted by molar-refractivity contribution is 1.29. The van der Waals surface area contributed by atoms with Gasteiger partial charge < -0.3 is 11.1 Å². The molecule has 0 amide bonds. The van der Waals surface area contributed by atoms with Gasteiger partial charge in [0.15, 0.2) is 0 Å². The number of hydrogen-bond donors (Lipinski definition) is 2. The molecule has 4 heteroatoms. The van der Waals surface area contributed by atoms with Crippen LogP contribution in [0.25, 0.3) is 10.8 Å². The number of anilines is 3. The van der Waals surface area contributed by atoms with E-state index in [1.54, 1.807) is 0 Å². The van der Waals surface area contributed by atoms with Crippen molar-refractivity contribution in [3.05, 3.63) is 59.2 Å². The molecule has 0 bridgehead atoms. The van der Waals surface area contributed by atoms with Crippen LogP contribution in [0.5, 0.6) is 0 Å². The first-order valence-corrected chi connectivity index (χ1v) is 6.69. The maximum atomic E-state index is 6.07. The molecule has 0 aliphatic rings. The Hall–Kier alpha value is -2.26. The summed E-state index contributed by atoms with van der Waals surface area (Å²) in [5.41, 5.74) is 8.79. The molecule has 20 heavy (non-hydrogen) atoms. The number of pyridine rings is 1. The quantitative estimate of drug-likeness (QED) is 0.680. The van der Waals surface area contributed by atoms with E-state index in [9.17, 15) is 0 Å². The SMILES string of the molecule is Cc1cnc(Nc2cccc(Cl)c2)c2cccc(N)c12. The largest absolute Gasteiger partial charge is 0.398 e. The molecule has 3 nitrogen and oxygen atoms in total. The number of aryl methyl sites for hydroxylation is 1. The van der Waals surface area contributed by atoms with Crippen LogP contribution >= 0.6 is 11.6 Å². The molecule has 3 aromatic rings. The molecule has 1 aromatic heterocycles. The maximum Gasteiger partial charge on any atom is 0.138 e. The van der Waals surface area contributed by atoms with Crippen LogP contribution in [0.4, 0.5) is 17.2 Å². The molecule has 100 valence electrons. The van der Waals surface area contributed by atoms with E-state index in [0.29, 0.717) is 5.02 Å². The van der Waals surface area contributed by atoms with E-state index in [4.69, 9.17) is 17.3 Å². The summed E-state index contributed by atoms with van der Waals surface area (Å²) in [6, 6.07) is 13.4. The average molecular weight is 284 g/mol. The first-order valence-electron chi connectivity index (χ1n) is 6.31. The van der Waals surface area contributed by atoms with E-state index >= 15 is 0 Å². The van der Waals surface area contributed by atoms with Crippen LogP contribution in [0, 0.1) is 6.92 Å². The fourth-order valence-corrected chi connectivity index (χ4v) is 2.50. The molecular formula is C16H14ClN3. The highest BCUT2D eigenvalue weighted by molar-refractivity contribution is 6.30. The van der Waals surface area contributed by atoms with Crippen LogP contribution in [0.3, 0.4) is 0 Å². The van der Waals surface area contributed by atoms with Gasteiger partial charge in [-0.05, 0) is 36.8 Å². The van der Waals surface area contributed by atoms with Gasteiger partial charge >= 0.3 is 0 Å². The van der Waals surface area contributed by atoms with E-state index in [1.807, 2.05) is 55.6 Å². The van der Waals surface area contributed by atoms with Gasteiger partial charge in [0.2, 0.25) is 0 Å². The summed E-state index contributed by atoms with van der Waals surface area (Å²) in [7, 11) is 0. The first-order chi connectivity index (χ1) is 9.65. The van der Waals surface area contributed by atoms with Gasteiger partial charge in [0.1, 0.15) is 5.82 Å². The van der Waals surface area contributed by atoms with Gasteiger partial charge in [-0.3, -0.25) is 0 Å². The lowest BCUT2D eigenvalue weighted by Crippen LogP contribution is -1.97. The Morgan fingerprint density at radius 3 is 2.75 bits per heavy atom. The third kappa shape index (κ3) is 2.28. The summed E-state index contributed by atoms with van der Waals surface area (Å²) >= 11 is 6.00. The van der Waals surface area contributed by atoms with Crippen molar-refractivity contribution in [2.24, 2.45) is 0 Å². The van der Waals surface area contributed by atoms with Crippen molar-refractivity contribution in [2.75, 3.05) is 11.1 Å². The van der Waals surface area contributed by atoms with Crippen LogP contribution < -0.4 is 11.1 Å². The molecule has 3 rings (SSSR count). The number of nitrogen functional groups attached to an aromatic ring is 1. The van der Waals surface area contributed by atoms with E-state index in [1.165, 1.54) is 0 Å². The smallest absolute Gasteiger partial charge is 0.138 e. The lowest BCUT2D eigenvalue weighted by atomic mass is 10.1. The Labute approximate surface area is 122 Å². The van der Waals surface area contributed by atoms with Crippen molar-refractivity contribution in [2.45, 2.75) is 6.92 Å². The number of hydrogen-bond acceptors (Lipinski definition) is 3. The van der Waals surface area contributed by atoms with Gasteiger partial charge in [0.05, 0.1) is 0 Å². The molecule has 1 heterocycles. The molecule has 0 fully saturated rings. The van der Waals surface area contributed by atoms with Crippen molar-refractivity contribution < 1.29 is 0 Å². The molecule has 0 aliphatic heterocycles.